The van der Waals surface area contributed by atoms with Gasteiger partial charge in [0, 0.05) is 30.8 Å². The maximum Gasteiger partial charge on any atom is 0.242 e. The molecule has 3 rings (SSSR count). The highest BCUT2D eigenvalue weighted by molar-refractivity contribution is 7.92. The number of nitrogens with zero attached hydrogens (tertiary/aromatic N) is 2. The van der Waals surface area contributed by atoms with Crippen LogP contribution in [-0.2, 0) is 31.3 Å². The molecule has 1 aliphatic rings. The number of ether oxygens (including phenoxy) is 1. The molecule has 10 nitrogen and oxygen atoms in total. The number of sulfonamides is 2. The lowest BCUT2D eigenvalue weighted by molar-refractivity contribution is -0.134. The molecule has 0 aromatic heterocycles. The third kappa shape index (κ3) is 7.22. The molecule has 0 radical (unpaired) electrons. The molecular weight excluding hydrogens is 518 g/mol. The number of aliphatic hydroxyl groups excluding tert-OH is 1. The third-order valence-electron chi connectivity index (χ3n) is 6.39. The Bertz CT molecular complexity index is 1330. The zero-order valence-electron chi connectivity index (χ0n) is 21.7. The molecule has 2 aromatic carbocycles. The summed E-state index contributed by atoms with van der Waals surface area (Å²) in [5.41, 5.74) is 1.68. The van der Waals surface area contributed by atoms with Gasteiger partial charge in [-0.05, 0) is 44.2 Å². The number of anilines is 1. The van der Waals surface area contributed by atoms with Crippen LogP contribution in [0.2, 0.25) is 0 Å². The van der Waals surface area contributed by atoms with Gasteiger partial charge < -0.3 is 14.7 Å². The summed E-state index contributed by atoms with van der Waals surface area (Å²) >= 11 is 0. The first-order chi connectivity index (χ1) is 17.2. The van der Waals surface area contributed by atoms with Gasteiger partial charge in [-0.15, -0.1) is 0 Å². The molecule has 0 unspecified atom stereocenters. The predicted molar refractivity (Wildman–Crippen MR) is 141 cm³/mol. The minimum Gasteiger partial charge on any atom is -0.488 e. The number of benzene rings is 2. The minimum absolute atomic E-state index is 0.00962. The van der Waals surface area contributed by atoms with Gasteiger partial charge in [0.05, 0.1) is 36.8 Å². The Labute approximate surface area is 219 Å². The maximum atomic E-state index is 13.2. The number of fused-ring (bicyclic) bond motifs is 1. The van der Waals surface area contributed by atoms with E-state index in [1.807, 2.05) is 13.8 Å². The van der Waals surface area contributed by atoms with Crippen molar-refractivity contribution < 1.29 is 31.5 Å². The average Bonchev–Trinajstić information content (AvgIpc) is 2.85. The molecule has 3 atom stereocenters. The molecule has 2 aromatic rings. The monoisotopic (exact) mass is 553 g/mol. The van der Waals surface area contributed by atoms with Crippen LogP contribution >= 0.6 is 0 Å². The fraction of sp³-hybridized carbons (Fsp3) is 0.480. The van der Waals surface area contributed by atoms with Gasteiger partial charge in [0.15, 0.2) is 0 Å². The van der Waals surface area contributed by atoms with E-state index in [0.29, 0.717) is 11.3 Å². The lowest BCUT2D eigenvalue weighted by Gasteiger charge is -2.33. The molecule has 0 saturated carbocycles. The number of aliphatic hydroxyl groups is 1. The van der Waals surface area contributed by atoms with E-state index in [0.717, 1.165) is 11.8 Å². The van der Waals surface area contributed by atoms with Crippen LogP contribution in [0.4, 0.5) is 5.69 Å². The molecule has 2 N–H and O–H groups in total. The fourth-order valence-corrected chi connectivity index (χ4v) is 5.90. The highest BCUT2D eigenvalue weighted by Crippen LogP contribution is 2.30. The minimum atomic E-state index is -3.80. The Morgan fingerprint density at radius 3 is 2.41 bits per heavy atom. The van der Waals surface area contributed by atoms with Crippen molar-refractivity contribution in [1.82, 2.24) is 9.21 Å². The summed E-state index contributed by atoms with van der Waals surface area (Å²) in [4.78, 5) is 15.0. The van der Waals surface area contributed by atoms with Crippen LogP contribution < -0.4 is 9.46 Å². The second-order valence-corrected chi connectivity index (χ2v) is 13.5. The van der Waals surface area contributed by atoms with E-state index in [1.165, 1.54) is 23.5 Å². The van der Waals surface area contributed by atoms with Crippen LogP contribution in [-0.4, -0.2) is 82.2 Å². The normalized spacial score (nSPS) is 19.9. The van der Waals surface area contributed by atoms with Crippen molar-refractivity contribution in [3.05, 3.63) is 53.6 Å². The number of carbonyl (C=O) groups is 1. The van der Waals surface area contributed by atoms with E-state index >= 15 is 0 Å². The molecule has 0 bridgehead atoms. The zero-order chi connectivity index (χ0) is 27.5. The molecule has 0 saturated heterocycles. The molecule has 37 heavy (non-hydrogen) atoms. The molecule has 1 aliphatic heterocycles. The zero-order valence-corrected chi connectivity index (χ0v) is 23.3. The molecule has 1 heterocycles. The number of carbonyl (C=O) groups excluding carboxylic acids is 1. The number of hydrogen-bond donors (Lipinski definition) is 2. The van der Waals surface area contributed by atoms with Crippen molar-refractivity contribution in [2.45, 2.75) is 44.2 Å². The predicted octanol–water partition coefficient (Wildman–Crippen LogP) is 1.84. The first-order valence-electron chi connectivity index (χ1n) is 11.9. The Kier molecular flexibility index (Phi) is 8.89. The quantitative estimate of drug-likeness (QED) is 0.510. The van der Waals surface area contributed by atoms with Crippen LogP contribution in [0.1, 0.15) is 25.0 Å². The Hall–Kier alpha value is -2.67. The van der Waals surface area contributed by atoms with Crippen LogP contribution in [0.15, 0.2) is 47.4 Å². The summed E-state index contributed by atoms with van der Waals surface area (Å²) in [6, 6.07) is 10.8. The van der Waals surface area contributed by atoms with E-state index in [-0.39, 0.29) is 48.5 Å². The van der Waals surface area contributed by atoms with Gasteiger partial charge >= 0.3 is 0 Å². The van der Waals surface area contributed by atoms with Crippen LogP contribution in [0, 0.1) is 12.8 Å². The van der Waals surface area contributed by atoms with E-state index in [4.69, 9.17) is 4.74 Å². The van der Waals surface area contributed by atoms with Crippen LogP contribution in [0.3, 0.4) is 0 Å². The van der Waals surface area contributed by atoms with Gasteiger partial charge in [0.2, 0.25) is 26.0 Å². The third-order valence-corrected chi connectivity index (χ3v) is 8.83. The molecule has 204 valence electrons. The fourth-order valence-electron chi connectivity index (χ4n) is 4.17. The van der Waals surface area contributed by atoms with Crippen molar-refractivity contribution in [3.8, 4) is 5.75 Å². The van der Waals surface area contributed by atoms with Gasteiger partial charge in [-0.25, -0.2) is 16.8 Å². The molecular formula is C25H35N3O7S2. The van der Waals surface area contributed by atoms with Crippen LogP contribution in [0.5, 0.6) is 5.75 Å². The summed E-state index contributed by atoms with van der Waals surface area (Å²) < 4.78 is 59.9. The Balaban J connectivity index is 1.99. The Morgan fingerprint density at radius 1 is 1.16 bits per heavy atom. The van der Waals surface area contributed by atoms with Gasteiger partial charge in [-0.2, -0.15) is 4.31 Å². The highest BCUT2D eigenvalue weighted by atomic mass is 32.2. The van der Waals surface area contributed by atoms with Gasteiger partial charge in [-0.3, -0.25) is 9.52 Å². The smallest absolute Gasteiger partial charge is 0.242 e. The van der Waals surface area contributed by atoms with Gasteiger partial charge in [0.25, 0.3) is 0 Å². The summed E-state index contributed by atoms with van der Waals surface area (Å²) in [6.45, 7) is 5.48. The number of nitrogens with one attached hydrogen (secondary N) is 1. The molecule has 12 heteroatoms. The van der Waals surface area contributed by atoms with Gasteiger partial charge in [-0.1, -0.05) is 24.6 Å². The molecule has 0 aliphatic carbocycles. The van der Waals surface area contributed by atoms with Crippen molar-refractivity contribution in [1.29, 1.82) is 0 Å². The summed E-state index contributed by atoms with van der Waals surface area (Å²) in [5, 5.41) is 9.76. The van der Waals surface area contributed by atoms with Gasteiger partial charge in [0.1, 0.15) is 11.9 Å². The first kappa shape index (κ1) is 28.9. The summed E-state index contributed by atoms with van der Waals surface area (Å²) in [6.07, 6.45) is 0.316. The number of hydrogen-bond acceptors (Lipinski definition) is 7. The Morgan fingerprint density at radius 2 is 1.81 bits per heavy atom. The average molecular weight is 554 g/mol. The lowest BCUT2D eigenvalue weighted by Crippen LogP contribution is -2.48. The van der Waals surface area contributed by atoms with E-state index < -0.39 is 32.2 Å². The van der Waals surface area contributed by atoms with Crippen molar-refractivity contribution in [3.63, 3.8) is 0 Å². The van der Waals surface area contributed by atoms with Crippen molar-refractivity contribution in [2.24, 2.45) is 5.92 Å². The number of rotatable bonds is 8. The maximum absolute atomic E-state index is 13.2. The van der Waals surface area contributed by atoms with Crippen molar-refractivity contribution >= 4 is 31.6 Å². The molecule has 0 spiro atoms. The highest BCUT2D eigenvalue weighted by Gasteiger charge is 2.33. The summed E-state index contributed by atoms with van der Waals surface area (Å²) in [7, 11) is -5.86. The van der Waals surface area contributed by atoms with E-state index in [2.05, 4.69) is 4.72 Å². The first-order valence-corrected chi connectivity index (χ1v) is 15.2. The molecule has 0 fully saturated rings. The number of amides is 1. The van der Waals surface area contributed by atoms with Crippen LogP contribution in [0.25, 0.3) is 0 Å². The molecule has 1 amide bonds. The lowest BCUT2D eigenvalue weighted by atomic mass is 10.0. The van der Waals surface area contributed by atoms with E-state index in [9.17, 15) is 26.7 Å². The second kappa shape index (κ2) is 11.4. The standard InChI is InChI=1S/C25H35N3O7S2/c1-17-6-9-22(10-7-17)37(33,34)27(4)15-24-18(2)14-28(19(3)16-29)25(30)13-20-12-21(26-36(5,31)32)8-11-23(20)35-24/h6-12,18-19,24,26,29H,13-16H2,1-5H3/t18-,19-,24-/m1/s1. The topological polar surface area (TPSA) is 133 Å². The largest absolute Gasteiger partial charge is 0.488 e. The number of likely N-dealkylation sites (N-methyl/N-ethyl adjacent to an activating group) is 1. The number of aryl methyl sites for hydroxylation is 1. The van der Waals surface area contributed by atoms with Crippen molar-refractivity contribution in [2.75, 3.05) is 37.7 Å². The van der Waals surface area contributed by atoms with E-state index in [1.54, 1.807) is 42.2 Å². The second-order valence-electron chi connectivity index (χ2n) is 9.68. The SMILES string of the molecule is Cc1ccc(S(=O)(=O)N(C)C[C@H]2Oc3ccc(NS(C)(=O)=O)cc3CC(=O)N([C@H](C)CO)C[C@H]2C)cc1. The summed E-state index contributed by atoms with van der Waals surface area (Å²) in [5.74, 6) is -0.187.